The number of carbonyl (C=O) groups excluding carboxylic acids is 2. The van der Waals surface area contributed by atoms with Gasteiger partial charge in [-0.2, -0.15) is 0 Å². The Morgan fingerprint density at radius 3 is 2.50 bits per heavy atom. The molecule has 0 aromatic heterocycles. The van der Waals surface area contributed by atoms with Crippen LogP contribution in [-0.2, 0) is 9.59 Å². The number of anilines is 2. The number of nitrogens with zero attached hydrogens (tertiary/aromatic N) is 1. The molecule has 0 unspecified atom stereocenters. The van der Waals surface area contributed by atoms with E-state index < -0.39 is 17.7 Å². The molecular formula is C21H23F2N3O2. The van der Waals surface area contributed by atoms with Crippen molar-refractivity contribution in [2.45, 2.75) is 25.8 Å². The first-order chi connectivity index (χ1) is 13.4. The molecule has 0 saturated carbocycles. The molecule has 1 aliphatic heterocycles. The first-order valence-electron chi connectivity index (χ1n) is 9.30. The minimum Gasteiger partial charge on any atom is -0.326 e. The SMILES string of the molecule is C[C@H](C(=O)Nc1ccc(F)c(F)c1)N1CCC[C@H](C(=O)Nc2ccccc2)C1. The Morgan fingerprint density at radius 2 is 1.79 bits per heavy atom. The Balaban J connectivity index is 1.58. The number of likely N-dealkylation sites (tertiary alicyclic amines) is 1. The number of halogens is 2. The lowest BCUT2D eigenvalue weighted by molar-refractivity contribution is -0.125. The molecule has 2 aromatic carbocycles. The second-order valence-corrected chi connectivity index (χ2v) is 6.98. The number of benzene rings is 2. The molecule has 1 heterocycles. The van der Waals surface area contributed by atoms with Gasteiger partial charge in [0.1, 0.15) is 0 Å². The molecule has 2 atom stereocenters. The van der Waals surface area contributed by atoms with Gasteiger partial charge in [-0.15, -0.1) is 0 Å². The van der Waals surface area contributed by atoms with Crippen LogP contribution in [0, 0.1) is 17.6 Å². The summed E-state index contributed by atoms with van der Waals surface area (Å²) < 4.78 is 26.3. The van der Waals surface area contributed by atoms with Crippen molar-refractivity contribution in [1.29, 1.82) is 0 Å². The van der Waals surface area contributed by atoms with Gasteiger partial charge in [-0.1, -0.05) is 18.2 Å². The predicted molar refractivity (Wildman–Crippen MR) is 104 cm³/mol. The monoisotopic (exact) mass is 387 g/mol. The fourth-order valence-electron chi connectivity index (χ4n) is 3.32. The van der Waals surface area contributed by atoms with Crippen LogP contribution in [0.1, 0.15) is 19.8 Å². The second kappa shape index (κ2) is 8.93. The third-order valence-corrected chi connectivity index (χ3v) is 4.98. The molecule has 148 valence electrons. The van der Waals surface area contributed by atoms with Crippen LogP contribution >= 0.6 is 0 Å². The highest BCUT2D eigenvalue weighted by Gasteiger charge is 2.31. The molecule has 0 aliphatic carbocycles. The standard InChI is InChI=1S/C21H23F2N3O2/c1-14(20(27)25-17-9-10-18(22)19(23)12-17)26-11-5-6-15(13-26)21(28)24-16-7-3-2-4-8-16/h2-4,7-10,12,14-15H,5-6,11,13H2,1H3,(H,24,28)(H,25,27)/t14-,15+/m1/s1. The number of rotatable bonds is 5. The maximum Gasteiger partial charge on any atom is 0.241 e. The highest BCUT2D eigenvalue weighted by atomic mass is 19.2. The Morgan fingerprint density at radius 1 is 1.04 bits per heavy atom. The number of amides is 2. The molecule has 2 N–H and O–H groups in total. The van der Waals surface area contributed by atoms with Crippen molar-refractivity contribution >= 4 is 23.2 Å². The van der Waals surface area contributed by atoms with Crippen molar-refractivity contribution in [2.24, 2.45) is 5.92 Å². The van der Waals surface area contributed by atoms with Crippen LogP contribution in [0.4, 0.5) is 20.2 Å². The lowest BCUT2D eigenvalue weighted by atomic mass is 9.95. The molecule has 1 saturated heterocycles. The summed E-state index contributed by atoms with van der Waals surface area (Å²) in [5.41, 5.74) is 0.944. The molecule has 3 rings (SSSR count). The van der Waals surface area contributed by atoms with Gasteiger partial charge >= 0.3 is 0 Å². The van der Waals surface area contributed by atoms with Crippen LogP contribution < -0.4 is 10.6 Å². The zero-order valence-corrected chi connectivity index (χ0v) is 15.6. The van der Waals surface area contributed by atoms with Crippen LogP contribution in [0.25, 0.3) is 0 Å². The van der Waals surface area contributed by atoms with Crippen molar-refractivity contribution in [3.8, 4) is 0 Å². The Bertz CT molecular complexity index is 845. The minimum atomic E-state index is -1.01. The Labute approximate surface area is 162 Å². The van der Waals surface area contributed by atoms with Gasteiger partial charge in [0.05, 0.1) is 12.0 Å². The zero-order chi connectivity index (χ0) is 20.1. The van der Waals surface area contributed by atoms with Gasteiger partial charge in [-0.3, -0.25) is 14.5 Å². The normalized spacial score (nSPS) is 18.3. The summed E-state index contributed by atoms with van der Waals surface area (Å²) in [6, 6.07) is 12.0. The van der Waals surface area contributed by atoms with Gasteiger partial charge in [-0.05, 0) is 50.6 Å². The highest BCUT2D eigenvalue weighted by Crippen LogP contribution is 2.21. The van der Waals surface area contributed by atoms with Gasteiger partial charge in [0.25, 0.3) is 0 Å². The molecule has 0 bridgehead atoms. The van der Waals surface area contributed by atoms with E-state index in [1.807, 2.05) is 35.2 Å². The number of para-hydroxylation sites is 1. The number of hydrogen-bond donors (Lipinski definition) is 2. The van der Waals surface area contributed by atoms with E-state index in [1.54, 1.807) is 6.92 Å². The van der Waals surface area contributed by atoms with Crippen molar-refractivity contribution in [3.05, 3.63) is 60.2 Å². The number of carbonyl (C=O) groups is 2. The first-order valence-corrected chi connectivity index (χ1v) is 9.30. The fourth-order valence-corrected chi connectivity index (χ4v) is 3.32. The molecule has 0 spiro atoms. The van der Waals surface area contributed by atoms with E-state index in [2.05, 4.69) is 10.6 Å². The average molecular weight is 387 g/mol. The van der Waals surface area contributed by atoms with E-state index in [-0.39, 0.29) is 23.4 Å². The second-order valence-electron chi connectivity index (χ2n) is 6.98. The molecule has 0 radical (unpaired) electrons. The summed E-state index contributed by atoms with van der Waals surface area (Å²) in [6.45, 7) is 2.90. The van der Waals surface area contributed by atoms with Crippen molar-refractivity contribution in [3.63, 3.8) is 0 Å². The number of hydrogen-bond acceptors (Lipinski definition) is 3. The third kappa shape index (κ3) is 4.92. The molecule has 1 fully saturated rings. The fraction of sp³-hybridized carbons (Fsp3) is 0.333. The van der Waals surface area contributed by atoms with E-state index in [4.69, 9.17) is 0 Å². The molecule has 5 nitrogen and oxygen atoms in total. The van der Waals surface area contributed by atoms with Crippen LogP contribution in [0.15, 0.2) is 48.5 Å². The lowest BCUT2D eigenvalue weighted by Crippen LogP contribution is -2.49. The summed E-state index contributed by atoms with van der Waals surface area (Å²) >= 11 is 0. The van der Waals surface area contributed by atoms with Gasteiger partial charge in [0.2, 0.25) is 11.8 Å². The highest BCUT2D eigenvalue weighted by molar-refractivity contribution is 5.95. The van der Waals surface area contributed by atoms with Crippen LogP contribution in [-0.4, -0.2) is 35.8 Å². The van der Waals surface area contributed by atoms with Gasteiger partial charge < -0.3 is 10.6 Å². The summed E-state index contributed by atoms with van der Waals surface area (Å²) in [6.07, 6.45) is 1.56. The maximum atomic E-state index is 13.3. The number of nitrogens with one attached hydrogen (secondary N) is 2. The van der Waals surface area contributed by atoms with E-state index in [1.165, 1.54) is 6.07 Å². The Kier molecular flexibility index (Phi) is 6.36. The van der Waals surface area contributed by atoms with E-state index in [0.717, 1.165) is 30.7 Å². The largest absolute Gasteiger partial charge is 0.326 e. The van der Waals surface area contributed by atoms with Crippen molar-refractivity contribution in [2.75, 3.05) is 23.7 Å². The molecule has 28 heavy (non-hydrogen) atoms. The van der Waals surface area contributed by atoms with Crippen LogP contribution in [0.2, 0.25) is 0 Å². The zero-order valence-electron chi connectivity index (χ0n) is 15.6. The Hall–Kier alpha value is -2.80. The summed E-state index contributed by atoms with van der Waals surface area (Å²) in [5, 5.41) is 5.51. The molecule has 1 aliphatic rings. The van der Waals surface area contributed by atoms with Crippen molar-refractivity contribution < 1.29 is 18.4 Å². The van der Waals surface area contributed by atoms with Crippen LogP contribution in [0.3, 0.4) is 0 Å². The minimum absolute atomic E-state index is 0.0656. The summed E-state index contributed by atoms with van der Waals surface area (Å²) in [7, 11) is 0. The molecule has 2 aromatic rings. The van der Waals surface area contributed by atoms with Gasteiger partial charge in [0.15, 0.2) is 11.6 Å². The maximum absolute atomic E-state index is 13.3. The lowest BCUT2D eigenvalue weighted by Gasteiger charge is -2.35. The van der Waals surface area contributed by atoms with Crippen LogP contribution in [0.5, 0.6) is 0 Å². The number of piperidine rings is 1. The topological polar surface area (TPSA) is 61.4 Å². The summed E-state index contributed by atoms with van der Waals surface area (Å²) in [5.74, 6) is -2.58. The average Bonchev–Trinajstić information content (AvgIpc) is 2.71. The molecule has 2 amide bonds. The third-order valence-electron chi connectivity index (χ3n) is 4.98. The van der Waals surface area contributed by atoms with Crippen molar-refractivity contribution in [1.82, 2.24) is 4.90 Å². The smallest absolute Gasteiger partial charge is 0.241 e. The van der Waals surface area contributed by atoms with E-state index >= 15 is 0 Å². The predicted octanol–water partition coefficient (Wildman–Crippen LogP) is 3.64. The molecular weight excluding hydrogens is 364 g/mol. The van der Waals surface area contributed by atoms with Gasteiger partial charge in [-0.25, -0.2) is 8.78 Å². The van der Waals surface area contributed by atoms with E-state index in [0.29, 0.717) is 13.1 Å². The molecule has 7 heteroatoms. The quantitative estimate of drug-likeness (QED) is 0.823. The van der Waals surface area contributed by atoms with Gasteiger partial charge in [0, 0.05) is 24.0 Å². The van der Waals surface area contributed by atoms with E-state index in [9.17, 15) is 18.4 Å². The first kappa shape index (κ1) is 19.9. The summed E-state index contributed by atoms with van der Waals surface area (Å²) in [4.78, 5) is 27.0.